The molecule has 3 aromatic heterocycles. The van der Waals surface area contributed by atoms with E-state index in [1.165, 1.54) is 5.56 Å². The number of aromatic amines is 1. The molecule has 1 amide bonds. The van der Waals surface area contributed by atoms with Crippen molar-refractivity contribution in [1.82, 2.24) is 19.9 Å². The quantitative estimate of drug-likeness (QED) is 0.458. The van der Waals surface area contributed by atoms with Crippen molar-refractivity contribution < 1.29 is 4.79 Å². The van der Waals surface area contributed by atoms with Crippen molar-refractivity contribution in [2.75, 3.05) is 13.1 Å². The SMILES string of the molecule is Cc1ccc(-c2csc(Cc3nc(-c4c[nH]c(C(=O)N5CCCC5)c4)cs3)n2)cc1. The normalized spacial score (nSPS) is 13.8. The molecule has 0 bridgehead atoms. The third kappa shape index (κ3) is 3.95. The molecule has 0 spiro atoms. The number of nitrogens with zero attached hydrogens (tertiary/aromatic N) is 3. The smallest absolute Gasteiger partial charge is 0.270 e. The van der Waals surface area contributed by atoms with Gasteiger partial charge in [-0.05, 0) is 25.8 Å². The minimum Gasteiger partial charge on any atom is -0.357 e. The van der Waals surface area contributed by atoms with Crippen molar-refractivity contribution in [3.8, 4) is 22.5 Å². The van der Waals surface area contributed by atoms with Gasteiger partial charge < -0.3 is 9.88 Å². The Morgan fingerprint density at radius 3 is 2.30 bits per heavy atom. The number of likely N-dealkylation sites (tertiary alicyclic amines) is 1. The molecule has 0 radical (unpaired) electrons. The van der Waals surface area contributed by atoms with Crippen LogP contribution < -0.4 is 0 Å². The molecule has 30 heavy (non-hydrogen) atoms. The van der Waals surface area contributed by atoms with Crippen LogP contribution in [0.15, 0.2) is 47.3 Å². The third-order valence-corrected chi connectivity index (χ3v) is 7.05. The average molecular weight is 435 g/mol. The minimum atomic E-state index is 0.0839. The van der Waals surface area contributed by atoms with Crippen molar-refractivity contribution >= 4 is 28.6 Å². The molecule has 5 rings (SSSR count). The standard InChI is InChI=1S/C23H22N4OS2/c1-15-4-6-16(7-5-15)19-13-29-21(25-19)11-22-26-20(14-30-22)17-10-18(24-12-17)23(28)27-8-2-3-9-27/h4-7,10,12-14,24H,2-3,8-9,11H2,1H3. The number of thiazole rings is 2. The molecule has 4 aromatic rings. The molecule has 0 aliphatic carbocycles. The maximum Gasteiger partial charge on any atom is 0.270 e. The molecule has 1 aromatic carbocycles. The van der Waals surface area contributed by atoms with Crippen LogP contribution in [0.1, 0.15) is 38.9 Å². The minimum absolute atomic E-state index is 0.0839. The summed E-state index contributed by atoms with van der Waals surface area (Å²) in [4.78, 5) is 27.2. The monoisotopic (exact) mass is 434 g/mol. The van der Waals surface area contributed by atoms with Crippen LogP contribution in [0.25, 0.3) is 22.5 Å². The van der Waals surface area contributed by atoms with Gasteiger partial charge in [0.25, 0.3) is 5.91 Å². The molecule has 1 aliphatic heterocycles. The van der Waals surface area contributed by atoms with Gasteiger partial charge in [0.2, 0.25) is 0 Å². The zero-order valence-electron chi connectivity index (χ0n) is 16.7. The highest BCUT2D eigenvalue weighted by molar-refractivity contribution is 7.11. The number of H-pyrrole nitrogens is 1. The van der Waals surface area contributed by atoms with E-state index in [4.69, 9.17) is 9.97 Å². The van der Waals surface area contributed by atoms with Crippen molar-refractivity contribution in [2.45, 2.75) is 26.2 Å². The fourth-order valence-corrected chi connectivity index (χ4v) is 5.37. The van der Waals surface area contributed by atoms with Crippen molar-refractivity contribution in [3.63, 3.8) is 0 Å². The van der Waals surface area contributed by atoms with Crippen LogP contribution in [-0.2, 0) is 6.42 Å². The summed E-state index contributed by atoms with van der Waals surface area (Å²) in [6, 6.07) is 10.4. The molecule has 0 saturated carbocycles. The largest absolute Gasteiger partial charge is 0.357 e. The zero-order chi connectivity index (χ0) is 20.5. The summed E-state index contributed by atoms with van der Waals surface area (Å²) < 4.78 is 0. The molecular weight excluding hydrogens is 412 g/mol. The van der Waals surface area contributed by atoms with E-state index in [-0.39, 0.29) is 5.91 Å². The van der Waals surface area contributed by atoms with Gasteiger partial charge in [0.1, 0.15) is 15.7 Å². The van der Waals surface area contributed by atoms with E-state index in [9.17, 15) is 4.79 Å². The number of hydrogen-bond donors (Lipinski definition) is 1. The van der Waals surface area contributed by atoms with Crippen molar-refractivity contribution in [2.24, 2.45) is 0 Å². The van der Waals surface area contributed by atoms with Gasteiger partial charge in [-0.2, -0.15) is 0 Å². The second kappa shape index (κ2) is 8.16. The maximum atomic E-state index is 12.5. The highest BCUT2D eigenvalue weighted by Gasteiger charge is 2.21. The van der Waals surface area contributed by atoms with Crippen molar-refractivity contribution in [3.05, 3.63) is 68.6 Å². The van der Waals surface area contributed by atoms with Crippen LogP contribution in [0.3, 0.4) is 0 Å². The first-order chi connectivity index (χ1) is 14.7. The third-order valence-electron chi connectivity index (χ3n) is 5.36. The van der Waals surface area contributed by atoms with Gasteiger partial charge in [0.05, 0.1) is 17.8 Å². The van der Waals surface area contributed by atoms with E-state index in [1.54, 1.807) is 22.7 Å². The first-order valence-electron chi connectivity index (χ1n) is 10.1. The highest BCUT2D eigenvalue weighted by atomic mass is 32.1. The molecule has 1 fully saturated rings. The first kappa shape index (κ1) is 19.2. The number of benzene rings is 1. The fraction of sp³-hybridized carbons (Fsp3) is 0.261. The molecule has 0 atom stereocenters. The number of aromatic nitrogens is 3. The fourth-order valence-electron chi connectivity index (χ4n) is 3.66. The first-order valence-corrected chi connectivity index (χ1v) is 11.9. The predicted octanol–water partition coefficient (Wildman–Crippen LogP) is 5.40. The number of carbonyl (C=O) groups excluding carboxylic acids is 1. The van der Waals surface area contributed by atoms with Crippen LogP contribution in [0.4, 0.5) is 0 Å². The maximum absolute atomic E-state index is 12.5. The van der Waals surface area contributed by atoms with Gasteiger partial charge in [0, 0.05) is 41.2 Å². The van der Waals surface area contributed by atoms with E-state index in [1.807, 2.05) is 17.2 Å². The zero-order valence-corrected chi connectivity index (χ0v) is 18.4. The number of amides is 1. The topological polar surface area (TPSA) is 61.9 Å². The average Bonchev–Trinajstić information content (AvgIpc) is 3.55. The van der Waals surface area contributed by atoms with E-state index in [0.29, 0.717) is 5.69 Å². The van der Waals surface area contributed by atoms with E-state index in [2.05, 4.69) is 46.9 Å². The van der Waals surface area contributed by atoms with E-state index < -0.39 is 0 Å². The number of nitrogens with one attached hydrogen (secondary N) is 1. The van der Waals surface area contributed by atoms with Crippen LogP contribution in [-0.4, -0.2) is 38.8 Å². The van der Waals surface area contributed by atoms with Gasteiger partial charge >= 0.3 is 0 Å². The number of aryl methyl sites for hydroxylation is 1. The second-order valence-electron chi connectivity index (χ2n) is 7.60. The lowest BCUT2D eigenvalue weighted by Gasteiger charge is -2.13. The lowest BCUT2D eigenvalue weighted by atomic mass is 10.1. The Morgan fingerprint density at radius 2 is 1.63 bits per heavy atom. The molecule has 1 aliphatic rings. The molecule has 152 valence electrons. The molecule has 5 nitrogen and oxygen atoms in total. The Labute approximate surface area is 183 Å². The highest BCUT2D eigenvalue weighted by Crippen LogP contribution is 2.27. The second-order valence-corrected chi connectivity index (χ2v) is 9.48. The summed E-state index contributed by atoms with van der Waals surface area (Å²) in [5, 5.41) is 6.25. The number of hydrogen-bond acceptors (Lipinski definition) is 5. The van der Waals surface area contributed by atoms with E-state index >= 15 is 0 Å². The molecule has 0 unspecified atom stereocenters. The summed E-state index contributed by atoms with van der Waals surface area (Å²) in [6.07, 6.45) is 4.79. The number of rotatable bonds is 5. The Balaban J connectivity index is 1.28. The molecule has 4 heterocycles. The summed E-state index contributed by atoms with van der Waals surface area (Å²) >= 11 is 3.31. The van der Waals surface area contributed by atoms with Gasteiger partial charge in [-0.1, -0.05) is 29.8 Å². The molecular formula is C23H22N4OS2. The summed E-state index contributed by atoms with van der Waals surface area (Å²) in [5.74, 6) is 0.0839. The van der Waals surface area contributed by atoms with Crippen LogP contribution >= 0.6 is 22.7 Å². The summed E-state index contributed by atoms with van der Waals surface area (Å²) in [6.45, 7) is 3.80. The number of carbonyl (C=O) groups is 1. The van der Waals surface area contributed by atoms with Crippen LogP contribution in [0.2, 0.25) is 0 Å². The van der Waals surface area contributed by atoms with Gasteiger partial charge in [0.15, 0.2) is 0 Å². The summed E-state index contributed by atoms with van der Waals surface area (Å²) in [7, 11) is 0. The Hall–Kier alpha value is -2.77. The Morgan fingerprint density at radius 1 is 1.00 bits per heavy atom. The van der Waals surface area contributed by atoms with Gasteiger partial charge in [-0.25, -0.2) is 9.97 Å². The lowest BCUT2D eigenvalue weighted by Crippen LogP contribution is -2.27. The molecule has 1 saturated heterocycles. The van der Waals surface area contributed by atoms with E-state index in [0.717, 1.165) is 64.9 Å². The van der Waals surface area contributed by atoms with Gasteiger partial charge in [-0.3, -0.25) is 4.79 Å². The molecule has 7 heteroatoms. The van der Waals surface area contributed by atoms with Crippen LogP contribution in [0.5, 0.6) is 0 Å². The van der Waals surface area contributed by atoms with Crippen LogP contribution in [0, 0.1) is 6.92 Å². The summed E-state index contributed by atoms with van der Waals surface area (Å²) in [5.41, 5.74) is 5.91. The van der Waals surface area contributed by atoms with Gasteiger partial charge in [-0.15, -0.1) is 22.7 Å². The molecule has 1 N–H and O–H groups in total. The van der Waals surface area contributed by atoms with Crippen molar-refractivity contribution in [1.29, 1.82) is 0 Å². The lowest BCUT2D eigenvalue weighted by molar-refractivity contribution is 0.0788. The Bertz CT molecular complexity index is 1170. The Kier molecular flexibility index (Phi) is 5.23. The predicted molar refractivity (Wildman–Crippen MR) is 122 cm³/mol.